The Kier molecular flexibility index (Phi) is 7.90. The summed E-state index contributed by atoms with van der Waals surface area (Å²) in [5.74, 6) is 1.64. The maximum atomic E-state index is 6.13. The zero-order chi connectivity index (χ0) is 15.0. The van der Waals surface area contributed by atoms with Crippen molar-refractivity contribution in [3.8, 4) is 5.88 Å². The van der Waals surface area contributed by atoms with Crippen LogP contribution in [-0.4, -0.2) is 16.6 Å². The zero-order valence-corrected chi connectivity index (χ0v) is 14.0. The smallest absolute Gasteiger partial charge is 0.221 e. The summed E-state index contributed by atoms with van der Waals surface area (Å²) >= 11 is 6.13. The minimum Gasteiger partial charge on any atom is -0.477 e. The fourth-order valence-corrected chi connectivity index (χ4v) is 2.10. The Hall–Kier alpha value is -0.830. The van der Waals surface area contributed by atoms with E-state index in [1.54, 1.807) is 0 Å². The molecule has 0 saturated carbocycles. The number of ether oxygens (including phenoxy) is 1. The fraction of sp³-hybridized carbons (Fsp3) is 0.750. The van der Waals surface area contributed by atoms with Crippen LogP contribution < -0.4 is 4.74 Å². The molecular weight excluding hydrogens is 272 g/mol. The summed E-state index contributed by atoms with van der Waals surface area (Å²) in [5, 5.41) is 0.502. The van der Waals surface area contributed by atoms with Crippen LogP contribution in [0.2, 0.25) is 5.15 Å². The van der Waals surface area contributed by atoms with E-state index < -0.39 is 0 Å². The van der Waals surface area contributed by atoms with Crippen molar-refractivity contribution >= 4 is 11.6 Å². The maximum absolute atomic E-state index is 6.13. The number of rotatable bonds is 9. The van der Waals surface area contributed by atoms with Crippen LogP contribution in [0.4, 0.5) is 0 Å². The summed E-state index contributed by atoms with van der Waals surface area (Å²) in [4.78, 5) is 8.75. The van der Waals surface area contributed by atoms with Gasteiger partial charge in [-0.3, -0.25) is 0 Å². The van der Waals surface area contributed by atoms with Crippen LogP contribution in [0.3, 0.4) is 0 Å². The molecule has 0 N–H and O–H groups in total. The lowest BCUT2D eigenvalue weighted by atomic mass is 10.1. The summed E-state index contributed by atoms with van der Waals surface area (Å²) in [6.45, 7) is 8.95. The third-order valence-electron chi connectivity index (χ3n) is 3.31. The molecule has 4 heteroatoms. The molecule has 0 atom stereocenters. The van der Waals surface area contributed by atoms with Crippen LogP contribution in [0.5, 0.6) is 5.88 Å². The monoisotopic (exact) mass is 298 g/mol. The SMILES string of the molecule is CCCCCCCCOc1nc(C(C)C)nc(Cl)c1C. The molecule has 114 valence electrons. The number of halogens is 1. The van der Waals surface area contributed by atoms with Gasteiger partial charge in [-0.15, -0.1) is 0 Å². The van der Waals surface area contributed by atoms with Crippen molar-refractivity contribution in [2.75, 3.05) is 6.61 Å². The summed E-state index contributed by atoms with van der Waals surface area (Å²) in [6.07, 6.45) is 7.52. The first-order valence-corrected chi connectivity index (χ1v) is 8.10. The molecule has 0 unspecified atom stereocenters. The quantitative estimate of drug-likeness (QED) is 0.458. The van der Waals surface area contributed by atoms with E-state index in [1.165, 1.54) is 32.1 Å². The van der Waals surface area contributed by atoms with Crippen molar-refractivity contribution in [3.63, 3.8) is 0 Å². The zero-order valence-electron chi connectivity index (χ0n) is 13.2. The predicted molar refractivity (Wildman–Crippen MR) is 84.7 cm³/mol. The van der Waals surface area contributed by atoms with E-state index in [0.29, 0.717) is 17.6 Å². The third kappa shape index (κ3) is 5.66. The highest BCUT2D eigenvalue weighted by atomic mass is 35.5. The van der Waals surface area contributed by atoms with Crippen LogP contribution in [0.1, 0.15) is 76.6 Å². The molecule has 3 nitrogen and oxygen atoms in total. The highest BCUT2D eigenvalue weighted by Crippen LogP contribution is 2.24. The van der Waals surface area contributed by atoms with E-state index in [9.17, 15) is 0 Å². The van der Waals surface area contributed by atoms with Crippen LogP contribution in [0.15, 0.2) is 0 Å². The second kappa shape index (κ2) is 9.17. The number of hydrogen-bond donors (Lipinski definition) is 0. The minimum absolute atomic E-state index is 0.254. The maximum Gasteiger partial charge on any atom is 0.221 e. The molecule has 1 aromatic rings. The molecule has 1 heterocycles. The van der Waals surface area contributed by atoms with Gasteiger partial charge in [-0.1, -0.05) is 64.5 Å². The summed E-state index contributed by atoms with van der Waals surface area (Å²) in [5.41, 5.74) is 0.835. The molecule has 0 fully saturated rings. The molecule has 0 aliphatic carbocycles. The lowest BCUT2D eigenvalue weighted by Gasteiger charge is -2.12. The Morgan fingerprint density at radius 3 is 2.35 bits per heavy atom. The topological polar surface area (TPSA) is 35.0 Å². The van der Waals surface area contributed by atoms with Crippen molar-refractivity contribution in [2.45, 2.75) is 72.1 Å². The molecule has 0 aliphatic rings. The van der Waals surface area contributed by atoms with Crippen molar-refractivity contribution < 1.29 is 4.74 Å². The van der Waals surface area contributed by atoms with E-state index in [0.717, 1.165) is 17.8 Å². The van der Waals surface area contributed by atoms with E-state index in [-0.39, 0.29) is 5.92 Å². The van der Waals surface area contributed by atoms with Crippen molar-refractivity contribution in [3.05, 3.63) is 16.5 Å². The van der Waals surface area contributed by atoms with Crippen LogP contribution >= 0.6 is 11.6 Å². The average Bonchev–Trinajstić information content (AvgIpc) is 2.41. The Labute approximate surface area is 128 Å². The number of hydrogen-bond acceptors (Lipinski definition) is 3. The molecule has 0 aromatic carbocycles. The molecule has 1 rings (SSSR count). The normalized spacial score (nSPS) is 11.1. The number of aromatic nitrogens is 2. The lowest BCUT2D eigenvalue weighted by Crippen LogP contribution is -2.06. The van der Waals surface area contributed by atoms with Gasteiger partial charge in [0, 0.05) is 11.5 Å². The first-order valence-electron chi connectivity index (χ1n) is 7.73. The van der Waals surface area contributed by atoms with Gasteiger partial charge in [0.1, 0.15) is 11.0 Å². The number of unbranched alkanes of at least 4 members (excludes halogenated alkanes) is 5. The van der Waals surface area contributed by atoms with Crippen molar-refractivity contribution in [1.82, 2.24) is 9.97 Å². The van der Waals surface area contributed by atoms with Gasteiger partial charge < -0.3 is 4.74 Å². The van der Waals surface area contributed by atoms with Crippen molar-refractivity contribution in [2.24, 2.45) is 0 Å². The average molecular weight is 299 g/mol. The van der Waals surface area contributed by atoms with Crippen LogP contribution in [0.25, 0.3) is 0 Å². The molecule has 0 spiro atoms. The highest BCUT2D eigenvalue weighted by Gasteiger charge is 2.12. The second-order valence-corrected chi connectivity index (χ2v) is 5.93. The van der Waals surface area contributed by atoms with Gasteiger partial charge in [0.25, 0.3) is 0 Å². The Morgan fingerprint density at radius 1 is 1.05 bits per heavy atom. The van der Waals surface area contributed by atoms with Gasteiger partial charge in [-0.25, -0.2) is 4.98 Å². The van der Waals surface area contributed by atoms with E-state index >= 15 is 0 Å². The van der Waals surface area contributed by atoms with Gasteiger partial charge >= 0.3 is 0 Å². The van der Waals surface area contributed by atoms with E-state index in [4.69, 9.17) is 16.3 Å². The Balaban J connectivity index is 2.43. The molecule has 0 amide bonds. The second-order valence-electron chi connectivity index (χ2n) is 5.57. The Morgan fingerprint density at radius 2 is 1.70 bits per heavy atom. The van der Waals surface area contributed by atoms with Crippen LogP contribution in [-0.2, 0) is 0 Å². The molecule has 1 aromatic heterocycles. The number of nitrogens with zero attached hydrogens (tertiary/aromatic N) is 2. The largest absolute Gasteiger partial charge is 0.477 e. The summed E-state index contributed by atoms with van der Waals surface area (Å²) in [6, 6.07) is 0. The Bertz CT molecular complexity index is 408. The summed E-state index contributed by atoms with van der Waals surface area (Å²) in [7, 11) is 0. The summed E-state index contributed by atoms with van der Waals surface area (Å²) < 4.78 is 5.78. The minimum atomic E-state index is 0.254. The first-order chi connectivity index (χ1) is 9.56. The van der Waals surface area contributed by atoms with Crippen LogP contribution in [0, 0.1) is 6.92 Å². The molecule has 0 aliphatic heterocycles. The van der Waals surface area contributed by atoms with E-state index in [1.807, 2.05) is 6.92 Å². The van der Waals surface area contributed by atoms with Gasteiger partial charge in [0.15, 0.2) is 0 Å². The highest BCUT2D eigenvalue weighted by molar-refractivity contribution is 6.30. The first kappa shape index (κ1) is 17.2. The third-order valence-corrected chi connectivity index (χ3v) is 3.68. The molecule has 0 bridgehead atoms. The lowest BCUT2D eigenvalue weighted by molar-refractivity contribution is 0.289. The van der Waals surface area contributed by atoms with Gasteiger partial charge in [0.05, 0.1) is 6.61 Å². The molecule has 0 saturated heterocycles. The molecule has 0 radical (unpaired) electrons. The molecular formula is C16H27ClN2O. The standard InChI is InChI=1S/C16H27ClN2O/c1-5-6-7-8-9-10-11-20-16-13(4)14(17)18-15(19-16)12(2)3/h12H,5-11H2,1-4H3. The fourth-order valence-electron chi connectivity index (χ4n) is 1.94. The van der Waals surface area contributed by atoms with Gasteiger partial charge in [0.2, 0.25) is 5.88 Å². The van der Waals surface area contributed by atoms with Gasteiger partial charge in [-0.05, 0) is 13.3 Å². The van der Waals surface area contributed by atoms with E-state index in [2.05, 4.69) is 30.7 Å². The van der Waals surface area contributed by atoms with Gasteiger partial charge in [-0.2, -0.15) is 4.98 Å². The van der Waals surface area contributed by atoms with Crippen molar-refractivity contribution in [1.29, 1.82) is 0 Å². The predicted octanol–water partition coefficient (Wildman–Crippen LogP) is 5.30. The molecule has 20 heavy (non-hydrogen) atoms.